The number of amides is 1. The highest BCUT2D eigenvalue weighted by atomic mass is 32.1. The number of nitrogens with zero attached hydrogens (tertiary/aromatic N) is 3. The molecule has 4 aromatic rings. The minimum atomic E-state index is -0.475. The van der Waals surface area contributed by atoms with E-state index in [2.05, 4.69) is 10.9 Å². The van der Waals surface area contributed by atoms with E-state index in [-0.39, 0.29) is 12.2 Å². The van der Waals surface area contributed by atoms with Crippen LogP contribution < -0.4 is 9.54 Å². The van der Waals surface area contributed by atoms with Gasteiger partial charge in [0.25, 0.3) is 11.6 Å². The van der Waals surface area contributed by atoms with Crippen LogP contribution in [-0.4, -0.2) is 15.4 Å². The highest BCUT2D eigenvalue weighted by Crippen LogP contribution is 2.24. The standard InChI is InChI=1S/C23H15N3O4S/c1-2-13-25-20-15-17(26(28)29)11-12-21(20)31-23(25)24-22(27)16-7-6-10-19(14-16)30-18-8-4-3-5-9-18/h1,3-12,14-15H,13H2. The number of aromatic nitrogens is 1. The van der Waals surface area contributed by atoms with Crippen molar-refractivity contribution < 1.29 is 14.5 Å². The van der Waals surface area contributed by atoms with E-state index in [1.807, 2.05) is 30.3 Å². The fraction of sp³-hybridized carbons (Fsp3) is 0.0435. The Kier molecular flexibility index (Phi) is 5.60. The predicted octanol–water partition coefficient (Wildman–Crippen LogP) is 4.78. The molecule has 0 aliphatic heterocycles. The molecule has 0 spiro atoms. The Balaban J connectivity index is 1.72. The molecule has 7 nitrogen and oxygen atoms in total. The SMILES string of the molecule is C#CCn1c(=NC(=O)c2cccc(Oc3ccccc3)c2)sc2ccc([N+](=O)[O-])cc21. The summed E-state index contributed by atoms with van der Waals surface area (Å²) < 4.78 is 8.14. The molecule has 1 aromatic heterocycles. The molecule has 0 atom stereocenters. The molecule has 4 rings (SSSR count). The summed E-state index contributed by atoms with van der Waals surface area (Å²) >= 11 is 1.24. The Morgan fingerprint density at radius 2 is 1.87 bits per heavy atom. The van der Waals surface area contributed by atoms with Crippen molar-refractivity contribution in [2.45, 2.75) is 6.54 Å². The highest BCUT2D eigenvalue weighted by Gasteiger charge is 2.13. The Labute approximate surface area is 181 Å². The van der Waals surface area contributed by atoms with Crippen molar-refractivity contribution in [2.24, 2.45) is 4.99 Å². The smallest absolute Gasteiger partial charge is 0.279 e. The molecular weight excluding hydrogens is 414 g/mol. The van der Waals surface area contributed by atoms with Gasteiger partial charge < -0.3 is 9.30 Å². The van der Waals surface area contributed by atoms with Gasteiger partial charge in [-0.25, -0.2) is 0 Å². The van der Waals surface area contributed by atoms with E-state index in [9.17, 15) is 14.9 Å². The van der Waals surface area contributed by atoms with Crippen molar-refractivity contribution in [2.75, 3.05) is 0 Å². The molecule has 0 aliphatic rings. The van der Waals surface area contributed by atoms with Crippen LogP contribution in [0, 0.1) is 22.5 Å². The number of rotatable bonds is 5. The number of nitro groups is 1. The normalized spacial score (nSPS) is 11.3. The summed E-state index contributed by atoms with van der Waals surface area (Å²) in [6.45, 7) is 0.129. The van der Waals surface area contributed by atoms with Crippen LogP contribution in [0.2, 0.25) is 0 Å². The molecule has 31 heavy (non-hydrogen) atoms. The number of hydrogen-bond donors (Lipinski definition) is 0. The van der Waals surface area contributed by atoms with Gasteiger partial charge in [-0.05, 0) is 36.4 Å². The molecule has 0 aliphatic carbocycles. The van der Waals surface area contributed by atoms with Crippen LogP contribution in [-0.2, 0) is 6.54 Å². The monoisotopic (exact) mass is 429 g/mol. The maximum Gasteiger partial charge on any atom is 0.279 e. The Morgan fingerprint density at radius 1 is 1.10 bits per heavy atom. The molecule has 3 aromatic carbocycles. The molecule has 152 valence electrons. The second kappa shape index (κ2) is 8.65. The third kappa shape index (κ3) is 4.37. The maximum absolute atomic E-state index is 12.8. The van der Waals surface area contributed by atoms with E-state index < -0.39 is 10.8 Å². The first-order chi connectivity index (χ1) is 15.0. The van der Waals surface area contributed by atoms with E-state index in [1.165, 1.54) is 23.5 Å². The van der Waals surface area contributed by atoms with Crippen molar-refractivity contribution >= 4 is 33.1 Å². The molecule has 0 fully saturated rings. The zero-order valence-corrected chi connectivity index (χ0v) is 16.9. The van der Waals surface area contributed by atoms with Crippen molar-refractivity contribution in [3.8, 4) is 23.8 Å². The van der Waals surface area contributed by atoms with Crippen molar-refractivity contribution in [3.05, 3.63) is 93.3 Å². The number of thiazole rings is 1. The van der Waals surface area contributed by atoms with Gasteiger partial charge in [-0.3, -0.25) is 14.9 Å². The van der Waals surface area contributed by atoms with E-state index in [1.54, 1.807) is 34.9 Å². The number of ether oxygens (including phenoxy) is 1. The molecule has 0 unspecified atom stereocenters. The van der Waals surface area contributed by atoms with Crippen LogP contribution >= 0.6 is 11.3 Å². The van der Waals surface area contributed by atoms with Crippen molar-refractivity contribution in [3.63, 3.8) is 0 Å². The molecule has 1 amide bonds. The number of non-ortho nitro benzene ring substituents is 1. The number of nitro benzene ring substituents is 1. The van der Waals surface area contributed by atoms with Gasteiger partial charge in [0.15, 0.2) is 4.80 Å². The molecule has 8 heteroatoms. The zero-order valence-electron chi connectivity index (χ0n) is 16.1. The summed E-state index contributed by atoms with van der Waals surface area (Å²) in [5.41, 5.74) is 0.855. The van der Waals surface area contributed by atoms with Gasteiger partial charge in [-0.2, -0.15) is 4.99 Å². The molecular formula is C23H15N3O4S. The Hall–Kier alpha value is -4.22. The summed E-state index contributed by atoms with van der Waals surface area (Å²) in [7, 11) is 0. The predicted molar refractivity (Wildman–Crippen MR) is 118 cm³/mol. The van der Waals surface area contributed by atoms with E-state index in [0.29, 0.717) is 27.4 Å². The summed E-state index contributed by atoms with van der Waals surface area (Å²) in [5, 5.41) is 11.1. The van der Waals surface area contributed by atoms with E-state index >= 15 is 0 Å². The number of para-hydroxylation sites is 1. The van der Waals surface area contributed by atoms with Gasteiger partial charge >= 0.3 is 0 Å². The summed E-state index contributed by atoms with van der Waals surface area (Å²) in [6.07, 6.45) is 5.47. The summed E-state index contributed by atoms with van der Waals surface area (Å²) in [5.74, 6) is 3.21. The third-order valence-electron chi connectivity index (χ3n) is 4.38. The Bertz CT molecular complexity index is 1400. The fourth-order valence-corrected chi connectivity index (χ4v) is 3.98. The quantitative estimate of drug-likeness (QED) is 0.260. The van der Waals surface area contributed by atoms with Crippen molar-refractivity contribution in [1.29, 1.82) is 0 Å². The lowest BCUT2D eigenvalue weighted by atomic mass is 10.2. The maximum atomic E-state index is 12.8. The average molecular weight is 429 g/mol. The molecule has 0 radical (unpaired) electrons. The van der Waals surface area contributed by atoms with E-state index in [4.69, 9.17) is 11.2 Å². The molecule has 0 saturated carbocycles. The third-order valence-corrected chi connectivity index (χ3v) is 5.44. The first-order valence-electron chi connectivity index (χ1n) is 9.18. The van der Waals surface area contributed by atoms with Gasteiger partial charge in [0.2, 0.25) is 0 Å². The van der Waals surface area contributed by atoms with Gasteiger partial charge in [0.05, 0.1) is 21.7 Å². The number of terminal acetylenes is 1. The van der Waals surface area contributed by atoms with Crippen LogP contribution in [0.5, 0.6) is 11.5 Å². The topological polar surface area (TPSA) is 86.7 Å². The fourth-order valence-electron chi connectivity index (χ4n) is 2.97. The summed E-state index contributed by atoms with van der Waals surface area (Å²) in [4.78, 5) is 28.1. The van der Waals surface area contributed by atoms with Gasteiger partial charge in [0.1, 0.15) is 11.5 Å². The minimum absolute atomic E-state index is 0.0558. The first kappa shape index (κ1) is 20.1. The second-order valence-corrected chi connectivity index (χ2v) is 7.45. The van der Waals surface area contributed by atoms with Gasteiger partial charge in [-0.1, -0.05) is 41.5 Å². The van der Waals surface area contributed by atoms with Crippen LogP contribution in [0.25, 0.3) is 10.2 Å². The van der Waals surface area contributed by atoms with Crippen LogP contribution in [0.4, 0.5) is 5.69 Å². The van der Waals surface area contributed by atoms with Crippen LogP contribution in [0.3, 0.4) is 0 Å². The number of carbonyl (C=O) groups is 1. The lowest BCUT2D eigenvalue weighted by Gasteiger charge is -2.06. The molecule has 1 heterocycles. The average Bonchev–Trinajstić information content (AvgIpc) is 3.11. The lowest BCUT2D eigenvalue weighted by Crippen LogP contribution is -2.16. The van der Waals surface area contributed by atoms with Crippen molar-refractivity contribution in [1.82, 2.24) is 4.57 Å². The van der Waals surface area contributed by atoms with E-state index in [0.717, 1.165) is 4.70 Å². The number of benzene rings is 3. The van der Waals surface area contributed by atoms with Crippen LogP contribution in [0.15, 0.2) is 77.8 Å². The largest absolute Gasteiger partial charge is 0.457 e. The van der Waals surface area contributed by atoms with Crippen LogP contribution in [0.1, 0.15) is 10.4 Å². The second-order valence-electron chi connectivity index (χ2n) is 6.44. The first-order valence-corrected chi connectivity index (χ1v) is 10.00. The molecule has 0 N–H and O–H groups in total. The number of carbonyl (C=O) groups excluding carboxylic acids is 1. The number of fused-ring (bicyclic) bond motifs is 1. The molecule has 0 saturated heterocycles. The zero-order chi connectivity index (χ0) is 21.8. The van der Waals surface area contributed by atoms with Gasteiger partial charge in [0, 0.05) is 17.7 Å². The van der Waals surface area contributed by atoms with Gasteiger partial charge in [-0.15, -0.1) is 6.42 Å². The lowest BCUT2D eigenvalue weighted by molar-refractivity contribution is -0.384. The minimum Gasteiger partial charge on any atom is -0.457 e. The Morgan fingerprint density at radius 3 is 2.61 bits per heavy atom. The highest BCUT2D eigenvalue weighted by molar-refractivity contribution is 7.16. The summed E-state index contributed by atoms with van der Waals surface area (Å²) in [6, 6.07) is 20.4. The number of hydrogen-bond acceptors (Lipinski definition) is 5. The molecule has 0 bridgehead atoms.